The predicted molar refractivity (Wildman–Crippen MR) is 217 cm³/mol. The van der Waals surface area contributed by atoms with Crippen molar-refractivity contribution >= 4 is 45.3 Å². The molecule has 3 heteroatoms. The van der Waals surface area contributed by atoms with E-state index in [9.17, 15) is 0 Å². The number of aromatic nitrogens is 2. The van der Waals surface area contributed by atoms with Crippen LogP contribution >= 0.6 is 11.3 Å². The average Bonchev–Trinajstić information content (AvgIpc) is 3.58. The number of hydrogen-bond donors (Lipinski definition) is 0. The van der Waals surface area contributed by atoms with Gasteiger partial charge in [0.2, 0.25) is 0 Å². The van der Waals surface area contributed by atoms with E-state index in [1.807, 2.05) is 11.3 Å². The first-order valence-corrected chi connectivity index (χ1v) is 20.4. The Balaban J connectivity index is 1.56. The summed E-state index contributed by atoms with van der Waals surface area (Å²) in [5.74, 6) is 1.06. The molecule has 2 aromatic heterocycles. The SMILES string of the molecule is CCCCCCC1=Cc2c(c3nc(-c4cc(C)sc4C)n(-c4ccc(CCCCCC)cc4)c3c3ccc(CCCCCC)cc23)C=CC1. The summed E-state index contributed by atoms with van der Waals surface area (Å²) in [4.78, 5) is 8.29. The zero-order chi connectivity index (χ0) is 34.2. The Hall–Kier alpha value is -3.43. The van der Waals surface area contributed by atoms with Gasteiger partial charge in [0.15, 0.2) is 0 Å². The molecule has 0 aliphatic heterocycles. The molecule has 0 amide bonds. The van der Waals surface area contributed by atoms with Gasteiger partial charge in [-0.25, -0.2) is 4.98 Å². The number of imidazole rings is 1. The van der Waals surface area contributed by atoms with Crippen molar-refractivity contribution < 1.29 is 0 Å². The van der Waals surface area contributed by atoms with Crippen molar-refractivity contribution in [2.24, 2.45) is 0 Å². The molecule has 5 aromatic rings. The van der Waals surface area contributed by atoms with Gasteiger partial charge in [-0.15, -0.1) is 11.3 Å². The number of nitrogens with zero attached hydrogens (tertiary/aromatic N) is 2. The first-order valence-electron chi connectivity index (χ1n) is 19.6. The Kier molecular flexibility index (Phi) is 12.3. The van der Waals surface area contributed by atoms with Crippen molar-refractivity contribution in [1.29, 1.82) is 0 Å². The standard InChI is InChI=1S/C46H58N2S/c1-6-9-12-15-19-35-24-27-38(28-25-35)48-45-40-29-26-37(21-17-14-11-8-3)32-43(40)42-31-36(20-16-13-10-7-2)22-18-23-39(42)44(45)47-46(48)41-30-33(4)49-34(41)5/h18,23-32H,6-17,19-22H2,1-5H3. The first kappa shape index (κ1) is 35.4. The number of aryl methyl sites for hydroxylation is 4. The number of hydrogen-bond acceptors (Lipinski definition) is 2. The molecule has 2 nitrogen and oxygen atoms in total. The van der Waals surface area contributed by atoms with Gasteiger partial charge in [0.1, 0.15) is 5.82 Å². The number of rotatable bonds is 17. The average molecular weight is 671 g/mol. The summed E-state index contributed by atoms with van der Waals surface area (Å²) in [7, 11) is 0. The Morgan fingerprint density at radius 1 is 0.673 bits per heavy atom. The Morgan fingerprint density at radius 2 is 1.33 bits per heavy atom. The summed E-state index contributed by atoms with van der Waals surface area (Å²) < 4.78 is 2.49. The molecule has 0 atom stereocenters. The van der Waals surface area contributed by atoms with E-state index in [0.717, 1.165) is 30.6 Å². The second kappa shape index (κ2) is 17.0. The van der Waals surface area contributed by atoms with Crippen LogP contribution in [-0.2, 0) is 12.8 Å². The maximum atomic E-state index is 5.62. The Labute approximate surface area is 300 Å². The van der Waals surface area contributed by atoms with Crippen LogP contribution in [0.2, 0.25) is 0 Å². The van der Waals surface area contributed by atoms with E-state index in [0.29, 0.717) is 0 Å². The van der Waals surface area contributed by atoms with Crippen LogP contribution in [0, 0.1) is 13.8 Å². The van der Waals surface area contributed by atoms with Gasteiger partial charge in [-0.1, -0.05) is 133 Å². The zero-order valence-corrected chi connectivity index (χ0v) is 31.8. The lowest BCUT2D eigenvalue weighted by Gasteiger charge is -2.15. The van der Waals surface area contributed by atoms with E-state index < -0.39 is 0 Å². The Bertz CT molecular complexity index is 1910. The second-order valence-corrected chi connectivity index (χ2v) is 16.0. The minimum absolute atomic E-state index is 1.02. The van der Waals surface area contributed by atoms with Crippen molar-refractivity contribution in [1.82, 2.24) is 9.55 Å². The van der Waals surface area contributed by atoms with Crippen LogP contribution in [0.5, 0.6) is 0 Å². The number of fused-ring (bicyclic) bond motifs is 6. The molecule has 6 rings (SSSR count). The summed E-state index contributed by atoms with van der Waals surface area (Å²) in [5, 5.41) is 2.70. The number of thiophene rings is 1. The Morgan fingerprint density at radius 3 is 1.98 bits per heavy atom. The molecule has 0 fully saturated rings. The molecule has 1 aliphatic rings. The van der Waals surface area contributed by atoms with Gasteiger partial charge in [0.25, 0.3) is 0 Å². The van der Waals surface area contributed by atoms with Crippen molar-refractivity contribution in [3.8, 4) is 17.1 Å². The fourth-order valence-corrected chi connectivity index (χ4v) is 8.70. The highest BCUT2D eigenvalue weighted by Gasteiger charge is 2.24. The van der Waals surface area contributed by atoms with Crippen LogP contribution in [0.1, 0.15) is 143 Å². The monoisotopic (exact) mass is 670 g/mol. The predicted octanol–water partition coefficient (Wildman–Crippen LogP) is 14.5. The summed E-state index contributed by atoms with van der Waals surface area (Å²) in [6.45, 7) is 11.4. The lowest BCUT2D eigenvalue weighted by Crippen LogP contribution is -2.00. The lowest BCUT2D eigenvalue weighted by atomic mass is 9.92. The first-order chi connectivity index (χ1) is 24.0. The highest BCUT2D eigenvalue weighted by Crippen LogP contribution is 2.42. The molecule has 0 N–H and O–H groups in total. The molecule has 2 heterocycles. The molecule has 258 valence electrons. The van der Waals surface area contributed by atoms with E-state index in [4.69, 9.17) is 4.98 Å². The largest absolute Gasteiger partial charge is 0.292 e. The van der Waals surface area contributed by atoms with Crippen LogP contribution in [0.25, 0.3) is 51.0 Å². The quantitative estimate of drug-likeness (QED) is 0.0900. The molecule has 0 spiro atoms. The highest BCUT2D eigenvalue weighted by atomic mass is 32.1. The van der Waals surface area contributed by atoms with E-state index in [1.54, 1.807) is 5.57 Å². The molecule has 3 aromatic carbocycles. The van der Waals surface area contributed by atoms with E-state index in [1.165, 1.54) is 143 Å². The molecule has 0 bridgehead atoms. The van der Waals surface area contributed by atoms with Crippen LogP contribution in [0.3, 0.4) is 0 Å². The normalized spacial score (nSPS) is 13.0. The molecule has 49 heavy (non-hydrogen) atoms. The van der Waals surface area contributed by atoms with Gasteiger partial charge in [0, 0.05) is 32.0 Å². The minimum Gasteiger partial charge on any atom is -0.292 e. The van der Waals surface area contributed by atoms with Crippen LogP contribution in [0.15, 0.2) is 60.2 Å². The van der Waals surface area contributed by atoms with E-state index >= 15 is 0 Å². The van der Waals surface area contributed by atoms with Gasteiger partial charge in [-0.05, 0) is 99.1 Å². The topological polar surface area (TPSA) is 17.8 Å². The van der Waals surface area contributed by atoms with Gasteiger partial charge >= 0.3 is 0 Å². The third-order valence-corrected chi connectivity index (χ3v) is 11.5. The van der Waals surface area contributed by atoms with Crippen molar-refractivity contribution in [3.05, 3.63) is 92.2 Å². The number of allylic oxidation sites excluding steroid dienone is 2. The molecular formula is C46H58N2S. The summed E-state index contributed by atoms with van der Waals surface area (Å²) in [6.07, 6.45) is 27.4. The van der Waals surface area contributed by atoms with Crippen molar-refractivity contribution in [2.75, 3.05) is 0 Å². The smallest absolute Gasteiger partial charge is 0.146 e. The third-order valence-electron chi connectivity index (χ3n) is 10.5. The molecule has 1 aliphatic carbocycles. The highest BCUT2D eigenvalue weighted by molar-refractivity contribution is 7.12. The van der Waals surface area contributed by atoms with Crippen molar-refractivity contribution in [3.63, 3.8) is 0 Å². The van der Waals surface area contributed by atoms with Gasteiger partial charge < -0.3 is 0 Å². The number of benzene rings is 3. The van der Waals surface area contributed by atoms with E-state index in [2.05, 4.69) is 106 Å². The molecule has 0 radical (unpaired) electrons. The molecular weight excluding hydrogens is 613 g/mol. The lowest BCUT2D eigenvalue weighted by molar-refractivity contribution is 0.662. The fraction of sp³-hybridized carbons (Fsp3) is 0.457. The molecule has 0 unspecified atom stereocenters. The van der Waals surface area contributed by atoms with E-state index in [-0.39, 0.29) is 0 Å². The minimum atomic E-state index is 1.02. The summed E-state index contributed by atoms with van der Waals surface area (Å²) in [6, 6.07) is 19.1. The molecule has 0 saturated carbocycles. The maximum absolute atomic E-state index is 5.62. The molecule has 0 saturated heterocycles. The zero-order valence-electron chi connectivity index (χ0n) is 31.0. The van der Waals surface area contributed by atoms with Crippen molar-refractivity contribution in [2.45, 2.75) is 137 Å². The van der Waals surface area contributed by atoms with Gasteiger partial charge in [-0.2, -0.15) is 0 Å². The number of unbranched alkanes of at least 4 members (excludes halogenated alkanes) is 9. The van der Waals surface area contributed by atoms with Crippen LogP contribution < -0.4 is 0 Å². The maximum Gasteiger partial charge on any atom is 0.146 e. The van der Waals surface area contributed by atoms with Crippen LogP contribution in [-0.4, -0.2) is 9.55 Å². The fourth-order valence-electron chi connectivity index (χ4n) is 7.78. The third kappa shape index (κ3) is 8.15. The van der Waals surface area contributed by atoms with Gasteiger partial charge in [0.05, 0.1) is 11.0 Å². The second-order valence-electron chi connectivity index (χ2n) is 14.5. The van der Waals surface area contributed by atoms with Gasteiger partial charge in [-0.3, -0.25) is 4.57 Å². The summed E-state index contributed by atoms with van der Waals surface area (Å²) in [5.41, 5.74) is 11.9. The summed E-state index contributed by atoms with van der Waals surface area (Å²) >= 11 is 1.88. The van der Waals surface area contributed by atoms with Crippen LogP contribution in [0.4, 0.5) is 0 Å².